The summed E-state index contributed by atoms with van der Waals surface area (Å²) in [6, 6.07) is 4.37. The average molecular weight is 256 g/mol. The molecule has 1 aromatic rings. The first kappa shape index (κ1) is 13.9. The number of rotatable bonds is 7. The third-order valence-electron chi connectivity index (χ3n) is 2.23. The Bertz CT molecular complexity index is 385. The number of halogens is 1. The third-order valence-corrected chi connectivity index (χ3v) is 2.45. The first-order valence-corrected chi connectivity index (χ1v) is 5.97. The zero-order valence-corrected chi connectivity index (χ0v) is 10.6. The molecule has 3 N–H and O–H groups in total. The Morgan fingerprint density at radius 3 is 2.94 bits per heavy atom. The molecular formula is C12H17FN2OS. The highest BCUT2D eigenvalue weighted by Gasteiger charge is 2.06. The van der Waals surface area contributed by atoms with Gasteiger partial charge in [-0.2, -0.15) is 0 Å². The lowest BCUT2D eigenvalue weighted by molar-refractivity contribution is 0.147. The van der Waals surface area contributed by atoms with E-state index in [1.165, 1.54) is 12.1 Å². The van der Waals surface area contributed by atoms with Gasteiger partial charge < -0.3 is 15.8 Å². The van der Waals surface area contributed by atoms with Gasteiger partial charge in [0.05, 0.1) is 0 Å². The standard InChI is InChI=1S/C12H17FN2OS/c1-2-16-7-3-6-15-11-5-4-9(13)8-10(11)12(14)17/h4-5,8,15H,2-3,6-7H2,1H3,(H2,14,17). The molecule has 0 amide bonds. The highest BCUT2D eigenvalue weighted by molar-refractivity contribution is 7.80. The van der Waals surface area contributed by atoms with Crippen LogP contribution in [-0.2, 0) is 4.74 Å². The molecule has 1 aromatic carbocycles. The molecule has 17 heavy (non-hydrogen) atoms. The molecule has 0 unspecified atom stereocenters. The van der Waals surface area contributed by atoms with Crippen LogP contribution >= 0.6 is 12.2 Å². The van der Waals surface area contributed by atoms with E-state index in [1.807, 2.05) is 6.92 Å². The molecule has 1 rings (SSSR count). The zero-order chi connectivity index (χ0) is 12.7. The number of benzene rings is 1. The summed E-state index contributed by atoms with van der Waals surface area (Å²) in [6.07, 6.45) is 0.877. The van der Waals surface area contributed by atoms with Crippen molar-refractivity contribution in [2.24, 2.45) is 5.73 Å². The maximum absolute atomic E-state index is 13.0. The summed E-state index contributed by atoms with van der Waals surface area (Å²) in [5.41, 5.74) is 6.83. The first-order chi connectivity index (χ1) is 8.15. The molecule has 0 aliphatic carbocycles. The van der Waals surface area contributed by atoms with Gasteiger partial charge in [0.25, 0.3) is 0 Å². The van der Waals surface area contributed by atoms with Crippen molar-refractivity contribution in [2.45, 2.75) is 13.3 Å². The largest absolute Gasteiger partial charge is 0.389 e. The number of anilines is 1. The highest BCUT2D eigenvalue weighted by Crippen LogP contribution is 2.16. The van der Waals surface area contributed by atoms with Crippen LogP contribution in [0.4, 0.5) is 10.1 Å². The normalized spacial score (nSPS) is 10.2. The van der Waals surface area contributed by atoms with E-state index in [2.05, 4.69) is 5.32 Å². The molecule has 0 aliphatic heterocycles. The van der Waals surface area contributed by atoms with Crippen LogP contribution in [0.3, 0.4) is 0 Å². The van der Waals surface area contributed by atoms with E-state index in [4.69, 9.17) is 22.7 Å². The fraction of sp³-hybridized carbons (Fsp3) is 0.417. The molecule has 0 aliphatic rings. The number of hydrogen-bond acceptors (Lipinski definition) is 3. The maximum atomic E-state index is 13.0. The summed E-state index contributed by atoms with van der Waals surface area (Å²) in [4.78, 5) is 0.191. The second-order valence-corrected chi connectivity index (χ2v) is 3.97. The van der Waals surface area contributed by atoms with Crippen molar-refractivity contribution in [3.8, 4) is 0 Å². The van der Waals surface area contributed by atoms with Gasteiger partial charge in [-0.1, -0.05) is 12.2 Å². The molecule has 0 saturated heterocycles. The van der Waals surface area contributed by atoms with Gasteiger partial charge in [0.1, 0.15) is 10.8 Å². The van der Waals surface area contributed by atoms with Crippen molar-refractivity contribution >= 4 is 22.9 Å². The lowest BCUT2D eigenvalue weighted by Gasteiger charge is -2.11. The van der Waals surface area contributed by atoms with Crippen LogP contribution in [0, 0.1) is 5.82 Å². The number of ether oxygens (including phenoxy) is 1. The van der Waals surface area contributed by atoms with Crippen molar-refractivity contribution < 1.29 is 9.13 Å². The number of thiocarbonyl (C=S) groups is 1. The van der Waals surface area contributed by atoms with E-state index in [1.54, 1.807) is 6.07 Å². The molecule has 5 heteroatoms. The van der Waals surface area contributed by atoms with Crippen molar-refractivity contribution in [3.05, 3.63) is 29.6 Å². The van der Waals surface area contributed by atoms with E-state index in [0.717, 1.165) is 18.7 Å². The Hall–Kier alpha value is -1.20. The first-order valence-electron chi connectivity index (χ1n) is 5.56. The second kappa shape index (κ2) is 7.19. The molecule has 94 valence electrons. The fourth-order valence-electron chi connectivity index (χ4n) is 1.42. The van der Waals surface area contributed by atoms with Gasteiger partial charge in [0.15, 0.2) is 0 Å². The van der Waals surface area contributed by atoms with Crippen LogP contribution in [-0.4, -0.2) is 24.7 Å². The zero-order valence-electron chi connectivity index (χ0n) is 9.83. The number of nitrogens with two attached hydrogens (primary N) is 1. The molecule has 3 nitrogen and oxygen atoms in total. The lowest BCUT2D eigenvalue weighted by Crippen LogP contribution is -2.14. The smallest absolute Gasteiger partial charge is 0.124 e. The topological polar surface area (TPSA) is 47.3 Å². The minimum absolute atomic E-state index is 0.191. The van der Waals surface area contributed by atoms with Crippen LogP contribution in [0.15, 0.2) is 18.2 Å². The van der Waals surface area contributed by atoms with Gasteiger partial charge >= 0.3 is 0 Å². The predicted molar refractivity (Wildman–Crippen MR) is 71.9 cm³/mol. The van der Waals surface area contributed by atoms with Gasteiger partial charge in [-0.3, -0.25) is 0 Å². The van der Waals surface area contributed by atoms with Crippen molar-refractivity contribution in [2.75, 3.05) is 25.1 Å². The minimum Gasteiger partial charge on any atom is -0.389 e. The Balaban J connectivity index is 2.55. The van der Waals surface area contributed by atoms with Crippen LogP contribution < -0.4 is 11.1 Å². The van der Waals surface area contributed by atoms with Crippen molar-refractivity contribution in [1.29, 1.82) is 0 Å². The quantitative estimate of drug-likeness (QED) is 0.580. The van der Waals surface area contributed by atoms with E-state index in [9.17, 15) is 4.39 Å². The molecule has 0 heterocycles. The van der Waals surface area contributed by atoms with Crippen LogP contribution in [0.5, 0.6) is 0 Å². The summed E-state index contributed by atoms with van der Waals surface area (Å²) in [5.74, 6) is -0.340. The summed E-state index contributed by atoms with van der Waals surface area (Å²) >= 11 is 4.88. The van der Waals surface area contributed by atoms with E-state index in [0.29, 0.717) is 18.8 Å². The molecule has 0 radical (unpaired) electrons. The summed E-state index contributed by atoms with van der Waals surface area (Å²) in [6.45, 7) is 4.11. The highest BCUT2D eigenvalue weighted by atomic mass is 32.1. The molecular weight excluding hydrogens is 239 g/mol. The fourth-order valence-corrected chi connectivity index (χ4v) is 1.58. The maximum Gasteiger partial charge on any atom is 0.124 e. The second-order valence-electron chi connectivity index (χ2n) is 3.53. The van der Waals surface area contributed by atoms with Gasteiger partial charge in [0, 0.05) is 31.0 Å². The van der Waals surface area contributed by atoms with Crippen molar-refractivity contribution in [3.63, 3.8) is 0 Å². The Morgan fingerprint density at radius 1 is 1.53 bits per heavy atom. The van der Waals surface area contributed by atoms with Gasteiger partial charge in [-0.05, 0) is 31.5 Å². The number of hydrogen-bond donors (Lipinski definition) is 2. The Morgan fingerprint density at radius 2 is 2.29 bits per heavy atom. The molecule has 0 atom stereocenters. The summed E-state index contributed by atoms with van der Waals surface area (Å²) in [5, 5.41) is 3.17. The molecule has 0 aromatic heterocycles. The van der Waals surface area contributed by atoms with E-state index >= 15 is 0 Å². The monoisotopic (exact) mass is 256 g/mol. The SMILES string of the molecule is CCOCCCNc1ccc(F)cc1C(N)=S. The molecule has 0 spiro atoms. The molecule has 0 bridgehead atoms. The Kier molecular flexibility index (Phi) is 5.86. The molecule has 0 saturated carbocycles. The minimum atomic E-state index is -0.340. The Labute approximate surface area is 106 Å². The third kappa shape index (κ3) is 4.66. The van der Waals surface area contributed by atoms with Gasteiger partial charge in [0.2, 0.25) is 0 Å². The average Bonchev–Trinajstić information content (AvgIpc) is 2.30. The number of nitrogens with one attached hydrogen (secondary N) is 1. The van der Waals surface area contributed by atoms with Crippen LogP contribution in [0.2, 0.25) is 0 Å². The summed E-state index contributed by atoms with van der Waals surface area (Å²) in [7, 11) is 0. The van der Waals surface area contributed by atoms with Gasteiger partial charge in [-0.15, -0.1) is 0 Å². The van der Waals surface area contributed by atoms with Crippen LogP contribution in [0.1, 0.15) is 18.9 Å². The van der Waals surface area contributed by atoms with Gasteiger partial charge in [-0.25, -0.2) is 4.39 Å². The summed E-state index contributed by atoms with van der Waals surface area (Å²) < 4.78 is 18.3. The van der Waals surface area contributed by atoms with E-state index in [-0.39, 0.29) is 10.8 Å². The predicted octanol–water partition coefficient (Wildman–Crippen LogP) is 2.30. The molecule has 0 fully saturated rings. The lowest BCUT2D eigenvalue weighted by atomic mass is 10.1. The van der Waals surface area contributed by atoms with E-state index < -0.39 is 0 Å². The van der Waals surface area contributed by atoms with Crippen LogP contribution in [0.25, 0.3) is 0 Å². The van der Waals surface area contributed by atoms with Crippen molar-refractivity contribution in [1.82, 2.24) is 0 Å².